The fraction of sp³-hybridized carbons (Fsp3) is 0.571. The zero-order valence-corrected chi connectivity index (χ0v) is 13.9. The van der Waals surface area contributed by atoms with Crippen molar-refractivity contribution in [1.82, 2.24) is 5.32 Å². The topological polar surface area (TPSA) is 12.0 Å². The highest BCUT2D eigenvalue weighted by Crippen LogP contribution is 2.35. The van der Waals surface area contributed by atoms with Crippen molar-refractivity contribution in [2.75, 3.05) is 7.05 Å². The van der Waals surface area contributed by atoms with Crippen LogP contribution < -0.4 is 5.32 Å². The number of benzene rings is 1. The van der Waals surface area contributed by atoms with Gasteiger partial charge in [-0.1, -0.05) is 41.6 Å². The molecule has 1 unspecified atom stereocenters. The smallest absolute Gasteiger partial charge is 0.0331 e. The van der Waals surface area contributed by atoms with E-state index in [2.05, 4.69) is 69.1 Å². The summed E-state index contributed by atoms with van der Waals surface area (Å²) in [5.74, 6) is 0.914. The molecule has 1 aromatic rings. The Morgan fingerprint density at radius 2 is 2.12 bits per heavy atom. The zero-order chi connectivity index (χ0) is 12.3. The largest absolute Gasteiger partial charge is 0.313 e. The van der Waals surface area contributed by atoms with Crippen LogP contribution in [0.15, 0.2) is 22.7 Å². The Kier molecular flexibility index (Phi) is 5.30. The lowest BCUT2D eigenvalue weighted by molar-refractivity contribution is 0.412. The quantitative estimate of drug-likeness (QED) is 0.700. The lowest BCUT2D eigenvalue weighted by Crippen LogP contribution is -2.19. The van der Waals surface area contributed by atoms with E-state index in [1.165, 1.54) is 45.7 Å². The first kappa shape index (κ1) is 13.8. The zero-order valence-electron chi connectivity index (χ0n) is 10.2. The van der Waals surface area contributed by atoms with Gasteiger partial charge in [-0.25, -0.2) is 0 Å². The lowest BCUT2D eigenvalue weighted by Gasteiger charge is -2.22. The Balaban J connectivity index is 2.13. The summed E-state index contributed by atoms with van der Waals surface area (Å²) < 4.78 is 2.54. The van der Waals surface area contributed by atoms with Crippen LogP contribution >= 0.6 is 38.5 Å². The molecule has 1 N–H and O–H groups in total. The first-order chi connectivity index (χ1) is 8.20. The monoisotopic (exact) mass is 407 g/mol. The Hall–Kier alpha value is 0.390. The van der Waals surface area contributed by atoms with E-state index in [0.717, 1.165) is 5.92 Å². The van der Waals surface area contributed by atoms with Crippen LogP contribution in [0.5, 0.6) is 0 Å². The number of hydrogen-bond acceptors (Lipinski definition) is 1. The number of rotatable bonds is 4. The van der Waals surface area contributed by atoms with Crippen LogP contribution in [0, 0.1) is 9.49 Å². The predicted molar refractivity (Wildman–Crippen MR) is 85.2 cm³/mol. The van der Waals surface area contributed by atoms with E-state index in [0.29, 0.717) is 6.04 Å². The molecule has 1 aliphatic carbocycles. The molecule has 3 heteroatoms. The fourth-order valence-corrected chi connectivity index (χ4v) is 3.80. The second kappa shape index (κ2) is 6.53. The normalized spacial score (nSPS) is 18.5. The Labute approximate surface area is 126 Å². The summed E-state index contributed by atoms with van der Waals surface area (Å²) in [6, 6.07) is 7.09. The molecule has 1 nitrogen and oxygen atoms in total. The summed E-state index contributed by atoms with van der Waals surface area (Å²) in [7, 11) is 2.08. The third-order valence-corrected chi connectivity index (χ3v) is 5.12. The van der Waals surface area contributed by atoms with Crippen molar-refractivity contribution in [3.63, 3.8) is 0 Å². The Morgan fingerprint density at radius 3 is 2.76 bits per heavy atom. The van der Waals surface area contributed by atoms with Gasteiger partial charge < -0.3 is 5.32 Å². The minimum atomic E-state index is 0.488. The fourth-order valence-electron chi connectivity index (χ4n) is 2.76. The van der Waals surface area contributed by atoms with Crippen LogP contribution in [-0.4, -0.2) is 7.05 Å². The van der Waals surface area contributed by atoms with E-state index in [1.807, 2.05) is 0 Å². The number of halogens is 2. The molecule has 0 amide bonds. The molecule has 94 valence electrons. The van der Waals surface area contributed by atoms with E-state index in [9.17, 15) is 0 Å². The molecule has 0 heterocycles. The molecule has 0 bridgehead atoms. The van der Waals surface area contributed by atoms with Crippen LogP contribution in [0.4, 0.5) is 0 Å². The van der Waals surface area contributed by atoms with Crippen LogP contribution in [-0.2, 0) is 0 Å². The van der Waals surface area contributed by atoms with E-state index < -0.39 is 0 Å². The van der Waals surface area contributed by atoms with Crippen molar-refractivity contribution in [2.45, 2.75) is 38.1 Å². The van der Waals surface area contributed by atoms with E-state index >= 15 is 0 Å². The second-order valence-corrected chi connectivity index (χ2v) is 6.99. The van der Waals surface area contributed by atoms with Crippen molar-refractivity contribution >= 4 is 38.5 Å². The van der Waals surface area contributed by atoms with Crippen LogP contribution in [0.25, 0.3) is 0 Å². The summed E-state index contributed by atoms with van der Waals surface area (Å²) in [5.41, 5.74) is 1.41. The average molecular weight is 408 g/mol. The van der Waals surface area contributed by atoms with Crippen molar-refractivity contribution in [2.24, 2.45) is 5.92 Å². The predicted octanol–water partition coefficient (Wildman–Crippen LogP) is 4.89. The molecular weight excluding hydrogens is 389 g/mol. The van der Waals surface area contributed by atoms with Gasteiger partial charge in [-0.05, 0) is 65.7 Å². The number of hydrogen-bond donors (Lipinski definition) is 1. The molecule has 0 spiro atoms. The molecule has 1 fully saturated rings. The molecule has 1 saturated carbocycles. The van der Waals surface area contributed by atoms with Crippen molar-refractivity contribution < 1.29 is 0 Å². The molecule has 1 aromatic carbocycles. The summed E-state index contributed by atoms with van der Waals surface area (Å²) >= 11 is 6.07. The second-order valence-electron chi connectivity index (χ2n) is 4.89. The standard InChI is InChI=1S/C14H19BrIN/c1-17-14(8-10-4-2-3-5-10)12-9-11(16)6-7-13(12)15/h6-7,9-10,14,17H,2-5,8H2,1H3. The van der Waals surface area contributed by atoms with Crippen molar-refractivity contribution in [3.8, 4) is 0 Å². The maximum Gasteiger partial charge on any atom is 0.0331 e. The molecule has 0 radical (unpaired) electrons. The van der Waals surface area contributed by atoms with Gasteiger partial charge in [-0.2, -0.15) is 0 Å². The van der Waals surface area contributed by atoms with Gasteiger partial charge >= 0.3 is 0 Å². The van der Waals surface area contributed by atoms with Gasteiger partial charge in [0.1, 0.15) is 0 Å². The van der Waals surface area contributed by atoms with Crippen LogP contribution in [0.3, 0.4) is 0 Å². The SMILES string of the molecule is CNC(CC1CCCC1)c1cc(I)ccc1Br. The third-order valence-electron chi connectivity index (χ3n) is 3.73. The van der Waals surface area contributed by atoms with Gasteiger partial charge in [0, 0.05) is 14.1 Å². The molecule has 0 aromatic heterocycles. The van der Waals surface area contributed by atoms with Crippen LogP contribution in [0.1, 0.15) is 43.7 Å². The molecule has 1 atom stereocenters. The van der Waals surface area contributed by atoms with Gasteiger partial charge in [0.25, 0.3) is 0 Å². The van der Waals surface area contributed by atoms with Gasteiger partial charge in [0.15, 0.2) is 0 Å². The maximum absolute atomic E-state index is 3.68. The van der Waals surface area contributed by atoms with E-state index in [4.69, 9.17) is 0 Å². The summed E-state index contributed by atoms with van der Waals surface area (Å²) in [5, 5.41) is 3.48. The number of nitrogens with one attached hydrogen (secondary N) is 1. The molecule has 17 heavy (non-hydrogen) atoms. The van der Waals surface area contributed by atoms with Crippen molar-refractivity contribution in [3.05, 3.63) is 31.8 Å². The molecule has 0 saturated heterocycles. The maximum atomic E-state index is 3.68. The minimum Gasteiger partial charge on any atom is -0.313 e. The summed E-state index contributed by atoms with van der Waals surface area (Å²) in [6.45, 7) is 0. The first-order valence-electron chi connectivity index (χ1n) is 6.33. The third kappa shape index (κ3) is 3.67. The van der Waals surface area contributed by atoms with Gasteiger partial charge in [-0.15, -0.1) is 0 Å². The Morgan fingerprint density at radius 1 is 1.41 bits per heavy atom. The van der Waals surface area contributed by atoms with Gasteiger partial charge in [0.05, 0.1) is 0 Å². The van der Waals surface area contributed by atoms with E-state index in [-0.39, 0.29) is 0 Å². The Bertz CT molecular complexity index is 374. The van der Waals surface area contributed by atoms with Crippen molar-refractivity contribution in [1.29, 1.82) is 0 Å². The molecular formula is C14H19BrIN. The van der Waals surface area contributed by atoms with Crippen LogP contribution in [0.2, 0.25) is 0 Å². The minimum absolute atomic E-state index is 0.488. The summed E-state index contributed by atoms with van der Waals surface area (Å²) in [4.78, 5) is 0. The lowest BCUT2D eigenvalue weighted by atomic mass is 9.94. The first-order valence-corrected chi connectivity index (χ1v) is 8.20. The molecule has 2 rings (SSSR count). The highest BCUT2D eigenvalue weighted by atomic mass is 127. The average Bonchev–Trinajstić information content (AvgIpc) is 2.82. The highest BCUT2D eigenvalue weighted by molar-refractivity contribution is 14.1. The summed E-state index contributed by atoms with van der Waals surface area (Å²) in [6.07, 6.45) is 6.96. The molecule has 0 aliphatic heterocycles. The molecule has 1 aliphatic rings. The highest BCUT2D eigenvalue weighted by Gasteiger charge is 2.21. The van der Waals surface area contributed by atoms with Gasteiger partial charge in [0.2, 0.25) is 0 Å². The van der Waals surface area contributed by atoms with Gasteiger partial charge in [-0.3, -0.25) is 0 Å². The van der Waals surface area contributed by atoms with E-state index in [1.54, 1.807) is 0 Å².